The minimum Gasteiger partial charge on any atom is -0.756 e. The minimum atomic E-state index is -4.58. The number of allylic oxidation sites excluding steroid dienone is 6. The molecule has 0 saturated carbocycles. The van der Waals surface area contributed by atoms with Gasteiger partial charge in [0.1, 0.15) is 13.2 Å². The number of quaternary nitrogens is 1. The van der Waals surface area contributed by atoms with Crippen LogP contribution >= 0.6 is 7.82 Å². The molecule has 414 valence electrons. The van der Waals surface area contributed by atoms with Crippen LogP contribution in [0.5, 0.6) is 0 Å². The summed E-state index contributed by atoms with van der Waals surface area (Å²) in [6, 6.07) is -0.804. The molecule has 0 radical (unpaired) electrons. The summed E-state index contributed by atoms with van der Waals surface area (Å²) in [4.78, 5) is 25.6. The monoisotopic (exact) mass is 1010 g/mol. The molecular weight excluding hydrogens is 888 g/mol. The van der Waals surface area contributed by atoms with E-state index in [1.165, 1.54) is 218 Å². The van der Waals surface area contributed by atoms with E-state index in [4.69, 9.17) is 9.05 Å². The average Bonchev–Trinajstić information content (AvgIpc) is 3.32. The number of nitrogens with zero attached hydrogens (tertiary/aromatic N) is 1. The Morgan fingerprint density at radius 3 is 1.20 bits per heavy atom. The first-order chi connectivity index (χ1) is 34.0. The third-order valence-corrected chi connectivity index (χ3v) is 14.8. The summed E-state index contributed by atoms with van der Waals surface area (Å²) in [5, 5.41) is 14.1. The van der Waals surface area contributed by atoms with Gasteiger partial charge in [-0.1, -0.05) is 275 Å². The third kappa shape index (κ3) is 54.5. The summed E-state index contributed by atoms with van der Waals surface area (Å²) in [5.74, 6) is -0.165. The van der Waals surface area contributed by atoms with Crippen molar-refractivity contribution in [2.24, 2.45) is 0 Å². The maximum Gasteiger partial charge on any atom is 0.268 e. The lowest BCUT2D eigenvalue weighted by Crippen LogP contribution is -2.46. The van der Waals surface area contributed by atoms with Crippen molar-refractivity contribution in [1.82, 2.24) is 5.32 Å². The van der Waals surface area contributed by atoms with Gasteiger partial charge in [0.2, 0.25) is 5.91 Å². The molecule has 0 bridgehead atoms. The fraction of sp³-hybridized carbons (Fsp3) is 0.885. The zero-order valence-corrected chi connectivity index (χ0v) is 48.1. The number of amides is 1. The molecule has 0 rings (SSSR count). The van der Waals surface area contributed by atoms with E-state index in [1.807, 2.05) is 21.1 Å². The molecule has 70 heavy (non-hydrogen) atoms. The van der Waals surface area contributed by atoms with Crippen LogP contribution in [0.1, 0.15) is 296 Å². The van der Waals surface area contributed by atoms with E-state index in [-0.39, 0.29) is 19.1 Å². The number of aliphatic hydroxyl groups excluding tert-OH is 1. The van der Waals surface area contributed by atoms with Gasteiger partial charge >= 0.3 is 0 Å². The quantitative estimate of drug-likeness (QED) is 0.0272. The molecule has 9 heteroatoms. The van der Waals surface area contributed by atoms with Crippen LogP contribution in [0.3, 0.4) is 0 Å². The predicted molar refractivity (Wildman–Crippen MR) is 302 cm³/mol. The first-order valence-corrected chi connectivity index (χ1v) is 31.8. The molecule has 0 aliphatic rings. The van der Waals surface area contributed by atoms with E-state index in [2.05, 4.69) is 55.6 Å². The van der Waals surface area contributed by atoms with Crippen molar-refractivity contribution < 1.29 is 32.9 Å². The lowest BCUT2D eigenvalue weighted by atomic mass is 10.0. The number of rotatable bonds is 56. The normalized spacial score (nSPS) is 14.1. The predicted octanol–water partition coefficient (Wildman–Crippen LogP) is 17.9. The standard InChI is InChI=1S/C61H119N2O6P/c1-6-8-10-12-14-16-18-20-22-24-26-28-30-31-33-35-37-39-41-43-45-47-49-51-53-55-61(65)62-59(58-69-70(66,67)68-57-56-63(3,4)5)60(64)54-52-50-48-46-44-42-40-38-36-34-32-29-27-25-23-21-19-17-15-13-11-9-7-2/h18,20,24,26,30-31,59-60,64H,6-17,19,21-23,25,27-29,32-58H2,1-5H3,(H-,62,65,66,67)/b20-18-,26-24-,31-30-. The molecule has 0 aromatic rings. The molecular formula is C61H119N2O6P. The first-order valence-electron chi connectivity index (χ1n) is 30.3. The van der Waals surface area contributed by atoms with Gasteiger partial charge in [0.25, 0.3) is 7.82 Å². The molecule has 1 amide bonds. The van der Waals surface area contributed by atoms with E-state index in [9.17, 15) is 19.4 Å². The Hall–Kier alpha value is -1.28. The zero-order valence-electron chi connectivity index (χ0n) is 47.2. The molecule has 0 aliphatic carbocycles. The number of phosphoric acid groups is 1. The van der Waals surface area contributed by atoms with Crippen molar-refractivity contribution in [3.8, 4) is 0 Å². The van der Waals surface area contributed by atoms with Gasteiger partial charge in [0.05, 0.1) is 39.9 Å². The molecule has 0 spiro atoms. The topological polar surface area (TPSA) is 108 Å². The fourth-order valence-corrected chi connectivity index (χ4v) is 9.83. The van der Waals surface area contributed by atoms with Gasteiger partial charge in [-0.2, -0.15) is 0 Å². The van der Waals surface area contributed by atoms with Crippen molar-refractivity contribution >= 4 is 13.7 Å². The summed E-state index contributed by atoms with van der Waals surface area (Å²) in [5.41, 5.74) is 0. The zero-order chi connectivity index (χ0) is 51.3. The second-order valence-electron chi connectivity index (χ2n) is 22.1. The molecule has 0 heterocycles. The largest absolute Gasteiger partial charge is 0.756 e. The highest BCUT2D eigenvalue weighted by Crippen LogP contribution is 2.38. The summed E-state index contributed by atoms with van der Waals surface area (Å²) in [6.07, 6.45) is 67.5. The number of nitrogens with one attached hydrogen (secondary N) is 1. The van der Waals surface area contributed by atoms with Gasteiger partial charge in [-0.05, 0) is 51.4 Å². The Kier molecular flexibility index (Phi) is 51.6. The Morgan fingerprint density at radius 2 is 0.829 bits per heavy atom. The number of phosphoric ester groups is 1. The number of likely N-dealkylation sites (N-methyl/N-ethyl adjacent to an activating group) is 1. The van der Waals surface area contributed by atoms with Gasteiger partial charge in [0.15, 0.2) is 0 Å². The van der Waals surface area contributed by atoms with Crippen LogP contribution in [0.2, 0.25) is 0 Å². The second kappa shape index (κ2) is 52.6. The van der Waals surface area contributed by atoms with Gasteiger partial charge < -0.3 is 28.8 Å². The van der Waals surface area contributed by atoms with Crippen molar-refractivity contribution in [2.75, 3.05) is 40.9 Å². The maximum absolute atomic E-state index is 13.0. The fourth-order valence-electron chi connectivity index (χ4n) is 9.11. The van der Waals surface area contributed by atoms with Crippen molar-refractivity contribution in [3.05, 3.63) is 36.5 Å². The number of aliphatic hydroxyl groups is 1. The number of unbranched alkanes of at least 4 members (excludes halogenated alkanes) is 37. The van der Waals surface area contributed by atoms with Gasteiger partial charge in [-0.3, -0.25) is 9.36 Å². The molecule has 0 aromatic carbocycles. The van der Waals surface area contributed by atoms with Crippen molar-refractivity contribution in [1.29, 1.82) is 0 Å². The van der Waals surface area contributed by atoms with Crippen LogP contribution in [0, 0.1) is 0 Å². The molecule has 0 fully saturated rings. The van der Waals surface area contributed by atoms with E-state index in [1.54, 1.807) is 0 Å². The van der Waals surface area contributed by atoms with Crippen LogP contribution < -0.4 is 10.2 Å². The van der Waals surface area contributed by atoms with Crippen LogP contribution in [0.25, 0.3) is 0 Å². The maximum atomic E-state index is 13.0. The number of carbonyl (C=O) groups is 1. The number of carbonyl (C=O) groups excluding carboxylic acids is 1. The number of hydrogen-bond donors (Lipinski definition) is 2. The van der Waals surface area contributed by atoms with Gasteiger partial charge in [-0.25, -0.2) is 0 Å². The van der Waals surface area contributed by atoms with Crippen LogP contribution in [-0.2, 0) is 18.4 Å². The highest BCUT2D eigenvalue weighted by Gasteiger charge is 2.24. The molecule has 0 saturated heterocycles. The summed E-state index contributed by atoms with van der Waals surface area (Å²) >= 11 is 0. The molecule has 3 atom stereocenters. The Balaban J connectivity index is 4.15. The third-order valence-electron chi connectivity index (χ3n) is 13.9. The smallest absolute Gasteiger partial charge is 0.268 e. The summed E-state index contributed by atoms with van der Waals surface area (Å²) in [6.45, 7) is 4.75. The minimum absolute atomic E-state index is 0.0117. The molecule has 0 aromatic heterocycles. The van der Waals surface area contributed by atoms with Crippen molar-refractivity contribution in [2.45, 2.75) is 309 Å². The SMILES string of the molecule is CCCCCCC/C=C\C/C=C\C/C=C\CCCCCCCCCCCCC(=O)NC(COP(=O)([O-])OCC[N+](C)(C)C)C(O)CCCCCCCCCCCCCCCCCCCCCCCCC. The summed E-state index contributed by atoms with van der Waals surface area (Å²) < 4.78 is 23.5. The van der Waals surface area contributed by atoms with Crippen LogP contribution in [-0.4, -0.2) is 68.5 Å². The van der Waals surface area contributed by atoms with Crippen LogP contribution in [0.4, 0.5) is 0 Å². The van der Waals surface area contributed by atoms with Gasteiger partial charge in [-0.15, -0.1) is 0 Å². The molecule has 2 N–H and O–H groups in total. The lowest BCUT2D eigenvalue weighted by Gasteiger charge is -2.30. The van der Waals surface area contributed by atoms with E-state index >= 15 is 0 Å². The Morgan fingerprint density at radius 1 is 0.500 bits per heavy atom. The van der Waals surface area contributed by atoms with Crippen LogP contribution in [0.15, 0.2) is 36.5 Å². The van der Waals surface area contributed by atoms with E-state index < -0.39 is 20.0 Å². The second-order valence-corrected chi connectivity index (χ2v) is 23.5. The average molecular weight is 1010 g/mol. The first kappa shape index (κ1) is 68.7. The van der Waals surface area contributed by atoms with Gasteiger partial charge in [0, 0.05) is 6.42 Å². The lowest BCUT2D eigenvalue weighted by molar-refractivity contribution is -0.870. The molecule has 3 unspecified atom stereocenters. The Bertz CT molecular complexity index is 1230. The highest BCUT2D eigenvalue weighted by molar-refractivity contribution is 7.45. The van der Waals surface area contributed by atoms with E-state index in [0.29, 0.717) is 23.9 Å². The Labute approximate surface area is 436 Å². The summed E-state index contributed by atoms with van der Waals surface area (Å²) in [7, 11) is 1.31. The molecule has 8 nitrogen and oxygen atoms in total. The number of hydrogen-bond acceptors (Lipinski definition) is 6. The van der Waals surface area contributed by atoms with Crippen molar-refractivity contribution in [3.63, 3.8) is 0 Å². The van der Waals surface area contributed by atoms with E-state index in [0.717, 1.165) is 51.4 Å². The highest BCUT2D eigenvalue weighted by atomic mass is 31.2. The molecule has 0 aliphatic heterocycles.